The summed E-state index contributed by atoms with van der Waals surface area (Å²) in [6.45, 7) is 13.3. The van der Waals surface area contributed by atoms with Crippen LogP contribution in [0.2, 0.25) is 0 Å². The smallest absolute Gasteiger partial charge is 0.135 e. The molecule has 1 heteroatoms. The molecule has 0 spiro atoms. The molecule has 3 aromatic rings. The van der Waals surface area contributed by atoms with Crippen molar-refractivity contribution in [1.29, 1.82) is 0 Å². The lowest BCUT2D eigenvalue weighted by Gasteiger charge is -2.30. The van der Waals surface area contributed by atoms with Crippen LogP contribution in [-0.2, 0) is 5.41 Å². The molecule has 0 unspecified atom stereocenters. The number of benzene rings is 3. The van der Waals surface area contributed by atoms with Crippen molar-refractivity contribution >= 4 is 0 Å². The predicted molar refractivity (Wildman–Crippen MR) is 121 cm³/mol. The molecule has 1 nitrogen and oxygen atoms in total. The Morgan fingerprint density at radius 1 is 0.679 bits per heavy atom. The maximum Gasteiger partial charge on any atom is 0.135 e. The molecule has 0 fully saturated rings. The highest BCUT2D eigenvalue weighted by Crippen LogP contribution is 2.44. The van der Waals surface area contributed by atoms with E-state index >= 15 is 0 Å². The quantitative estimate of drug-likeness (QED) is 0.442. The molecule has 0 amide bonds. The minimum atomic E-state index is -0.240. The van der Waals surface area contributed by atoms with Crippen molar-refractivity contribution in [3.05, 3.63) is 78.4 Å². The Morgan fingerprint density at radius 2 is 1.11 bits per heavy atom. The van der Waals surface area contributed by atoms with Crippen LogP contribution >= 0.6 is 0 Å². The van der Waals surface area contributed by atoms with Crippen molar-refractivity contribution in [2.24, 2.45) is 0 Å². The van der Waals surface area contributed by atoms with E-state index in [1.54, 1.807) is 0 Å². The van der Waals surface area contributed by atoms with Crippen LogP contribution in [0.4, 0.5) is 0 Å². The Kier molecular flexibility index (Phi) is 5.65. The van der Waals surface area contributed by atoms with E-state index in [-0.39, 0.29) is 11.0 Å². The molecule has 0 saturated carbocycles. The summed E-state index contributed by atoms with van der Waals surface area (Å²) in [6.07, 6.45) is 0.941. The van der Waals surface area contributed by atoms with Gasteiger partial charge in [-0.15, -0.1) is 0 Å². The molecule has 0 aliphatic carbocycles. The Hall–Kier alpha value is -2.54. The monoisotopic (exact) mass is 372 g/mol. The molecule has 146 valence electrons. The molecule has 0 N–H and O–H groups in total. The van der Waals surface area contributed by atoms with E-state index in [2.05, 4.69) is 114 Å². The van der Waals surface area contributed by atoms with Gasteiger partial charge in [-0.1, -0.05) is 88.4 Å². The summed E-state index contributed by atoms with van der Waals surface area (Å²) in [5.41, 5.74) is 5.82. The lowest BCUT2D eigenvalue weighted by atomic mass is 9.82. The van der Waals surface area contributed by atoms with Gasteiger partial charge in [-0.25, -0.2) is 0 Å². The third-order valence-electron chi connectivity index (χ3n) is 5.35. The molecule has 0 heterocycles. The average molecular weight is 373 g/mol. The third-order valence-corrected chi connectivity index (χ3v) is 5.35. The Labute approximate surface area is 170 Å². The van der Waals surface area contributed by atoms with Crippen molar-refractivity contribution in [3.8, 4) is 28.0 Å². The van der Waals surface area contributed by atoms with Crippen molar-refractivity contribution in [2.75, 3.05) is 0 Å². The van der Waals surface area contributed by atoms with Crippen molar-refractivity contribution in [2.45, 2.75) is 59.0 Å². The van der Waals surface area contributed by atoms with E-state index in [1.165, 1.54) is 16.7 Å². The molecular formula is C27H32O. The molecule has 28 heavy (non-hydrogen) atoms. The van der Waals surface area contributed by atoms with Gasteiger partial charge in [0.25, 0.3) is 0 Å². The molecule has 3 aromatic carbocycles. The fourth-order valence-corrected chi connectivity index (χ4v) is 3.18. The van der Waals surface area contributed by atoms with Gasteiger partial charge >= 0.3 is 0 Å². The minimum absolute atomic E-state index is 0.0475. The van der Waals surface area contributed by atoms with E-state index in [1.807, 2.05) is 0 Å². The number of hydrogen-bond donors (Lipinski definition) is 0. The van der Waals surface area contributed by atoms with E-state index in [9.17, 15) is 0 Å². The van der Waals surface area contributed by atoms with Crippen molar-refractivity contribution < 1.29 is 4.74 Å². The molecule has 0 aliphatic rings. The molecule has 0 aliphatic heterocycles. The Morgan fingerprint density at radius 3 is 1.46 bits per heavy atom. The van der Waals surface area contributed by atoms with E-state index in [0.717, 1.165) is 23.3 Å². The first kappa shape index (κ1) is 20.2. The van der Waals surface area contributed by atoms with Gasteiger partial charge in [-0.3, -0.25) is 0 Å². The third kappa shape index (κ3) is 4.47. The van der Waals surface area contributed by atoms with Gasteiger partial charge in [0.05, 0.1) is 0 Å². The van der Waals surface area contributed by atoms with Crippen LogP contribution in [0.15, 0.2) is 72.8 Å². The van der Waals surface area contributed by atoms with Gasteiger partial charge in [0, 0.05) is 11.1 Å². The van der Waals surface area contributed by atoms with Crippen molar-refractivity contribution in [3.63, 3.8) is 0 Å². The number of rotatable bonds is 5. The highest BCUT2D eigenvalue weighted by atomic mass is 16.5. The van der Waals surface area contributed by atoms with E-state index in [4.69, 9.17) is 4.74 Å². The fourth-order valence-electron chi connectivity index (χ4n) is 3.18. The van der Waals surface area contributed by atoms with Crippen LogP contribution in [-0.4, -0.2) is 5.60 Å². The zero-order valence-corrected chi connectivity index (χ0v) is 18.0. The maximum atomic E-state index is 6.69. The molecule has 0 radical (unpaired) electrons. The van der Waals surface area contributed by atoms with Crippen LogP contribution in [0.1, 0.15) is 53.5 Å². The van der Waals surface area contributed by atoms with E-state index < -0.39 is 0 Å². The minimum Gasteiger partial charge on any atom is -0.487 e. The summed E-state index contributed by atoms with van der Waals surface area (Å²) in [4.78, 5) is 0. The van der Waals surface area contributed by atoms with Gasteiger partial charge in [0.2, 0.25) is 0 Å². The first-order valence-electron chi connectivity index (χ1n) is 10.2. The zero-order valence-electron chi connectivity index (χ0n) is 18.0. The lowest BCUT2D eigenvalue weighted by Crippen LogP contribution is -2.27. The second-order valence-electron chi connectivity index (χ2n) is 9.10. The Balaban J connectivity index is 2.35. The van der Waals surface area contributed by atoms with Gasteiger partial charge in [0.1, 0.15) is 11.4 Å². The van der Waals surface area contributed by atoms with Crippen LogP contribution in [0.25, 0.3) is 22.3 Å². The number of hydrogen-bond acceptors (Lipinski definition) is 1. The van der Waals surface area contributed by atoms with Gasteiger partial charge in [0.15, 0.2) is 0 Å². The fraction of sp³-hybridized carbons (Fsp3) is 0.333. The largest absolute Gasteiger partial charge is 0.487 e. The molecular weight excluding hydrogens is 340 g/mol. The Bertz CT molecular complexity index is 855. The number of ether oxygens (including phenoxy) is 1. The van der Waals surface area contributed by atoms with Gasteiger partial charge in [-0.2, -0.15) is 0 Å². The second-order valence-corrected chi connectivity index (χ2v) is 9.10. The van der Waals surface area contributed by atoms with Crippen LogP contribution < -0.4 is 4.74 Å². The molecule has 0 aromatic heterocycles. The van der Waals surface area contributed by atoms with Crippen LogP contribution in [0.3, 0.4) is 0 Å². The summed E-state index contributed by atoms with van der Waals surface area (Å²) >= 11 is 0. The summed E-state index contributed by atoms with van der Waals surface area (Å²) in [7, 11) is 0. The van der Waals surface area contributed by atoms with Gasteiger partial charge < -0.3 is 4.74 Å². The lowest BCUT2D eigenvalue weighted by molar-refractivity contribution is 0.107. The summed E-state index contributed by atoms with van der Waals surface area (Å²) in [6, 6.07) is 25.8. The van der Waals surface area contributed by atoms with Crippen LogP contribution in [0, 0.1) is 0 Å². The molecule has 0 saturated heterocycles. The first-order chi connectivity index (χ1) is 13.2. The highest BCUT2D eigenvalue weighted by Gasteiger charge is 2.25. The SMILES string of the molecule is CCC(C)(C)Oc1c(-c2ccccc2)cc(C(C)(C)C)cc1-c1ccccc1. The average Bonchev–Trinajstić information content (AvgIpc) is 2.68. The van der Waals surface area contributed by atoms with E-state index in [0.29, 0.717) is 0 Å². The molecule has 0 atom stereocenters. The van der Waals surface area contributed by atoms with Crippen molar-refractivity contribution in [1.82, 2.24) is 0 Å². The highest BCUT2D eigenvalue weighted by molar-refractivity contribution is 5.83. The normalized spacial score (nSPS) is 12.1. The zero-order chi connectivity index (χ0) is 20.4. The maximum absolute atomic E-state index is 6.69. The standard InChI is InChI=1S/C27H32O/c1-7-27(5,6)28-25-23(20-14-10-8-11-15-20)18-22(26(2,3)4)19-24(25)21-16-12-9-13-17-21/h8-19H,7H2,1-6H3. The topological polar surface area (TPSA) is 9.23 Å². The molecule has 3 rings (SSSR count). The summed E-state index contributed by atoms with van der Waals surface area (Å²) in [5, 5.41) is 0. The van der Waals surface area contributed by atoms with Crippen LogP contribution in [0.5, 0.6) is 5.75 Å². The predicted octanol–water partition coefficient (Wildman–Crippen LogP) is 7.89. The molecule has 0 bridgehead atoms. The summed E-state index contributed by atoms with van der Waals surface area (Å²) in [5.74, 6) is 0.970. The van der Waals surface area contributed by atoms with Gasteiger partial charge in [-0.05, 0) is 54.5 Å². The second kappa shape index (κ2) is 7.83. The first-order valence-corrected chi connectivity index (χ1v) is 10.2. The summed E-state index contributed by atoms with van der Waals surface area (Å²) < 4.78 is 6.69.